The van der Waals surface area contributed by atoms with Crippen molar-refractivity contribution in [3.05, 3.63) is 34.2 Å². The lowest BCUT2D eigenvalue weighted by Crippen LogP contribution is -2.45. The summed E-state index contributed by atoms with van der Waals surface area (Å²) in [6.45, 7) is 3.71. The van der Waals surface area contributed by atoms with E-state index in [1.165, 1.54) is 6.07 Å². The molecule has 2 fully saturated rings. The van der Waals surface area contributed by atoms with Crippen LogP contribution in [0.1, 0.15) is 17.3 Å². The maximum absolute atomic E-state index is 12.8. The standard InChI is InChI=1S/C16H21N3O4.CH2O2/c1-3-18-5-4-11(6-14(18)20)16(22)19-7-12-9-23-10-13(8-19)17(2)15(12)21;2-1-3/h4-6,12-13H,3,7-10H2,1-2H3;1H,(H,2,3)/t12-,13+;/m1./s1. The number of nitrogens with zero attached hydrogens (tertiary/aromatic N) is 3. The molecule has 0 spiro atoms. The quantitative estimate of drug-likeness (QED) is 0.708. The van der Waals surface area contributed by atoms with Crippen LogP contribution in [-0.2, 0) is 20.9 Å². The Morgan fingerprint density at radius 3 is 2.65 bits per heavy atom. The number of carbonyl (C=O) groups excluding carboxylic acids is 2. The smallest absolute Gasteiger partial charge is 0.290 e. The average Bonchev–Trinajstić information content (AvgIpc) is 2.80. The molecular formula is C17H23N3O6. The molecule has 2 bridgehead atoms. The lowest BCUT2D eigenvalue weighted by atomic mass is 10.1. The summed E-state index contributed by atoms with van der Waals surface area (Å²) in [5.41, 5.74) is 0.181. The second-order valence-electron chi connectivity index (χ2n) is 6.19. The maximum Gasteiger partial charge on any atom is 0.290 e. The van der Waals surface area contributed by atoms with Crippen molar-refractivity contribution in [1.82, 2.24) is 14.4 Å². The van der Waals surface area contributed by atoms with E-state index in [0.717, 1.165) is 0 Å². The van der Waals surface area contributed by atoms with Crippen LogP contribution >= 0.6 is 0 Å². The number of amides is 2. The zero-order chi connectivity index (χ0) is 19.3. The van der Waals surface area contributed by atoms with Crippen LogP contribution in [0.25, 0.3) is 0 Å². The Balaban J connectivity index is 0.000000758. The third-order valence-electron chi connectivity index (χ3n) is 4.62. The largest absolute Gasteiger partial charge is 0.483 e. The zero-order valence-corrected chi connectivity index (χ0v) is 14.8. The highest BCUT2D eigenvalue weighted by atomic mass is 16.5. The van der Waals surface area contributed by atoms with Gasteiger partial charge in [-0.05, 0) is 13.0 Å². The molecule has 9 heteroatoms. The molecule has 2 atom stereocenters. The van der Waals surface area contributed by atoms with E-state index in [-0.39, 0.29) is 35.8 Å². The van der Waals surface area contributed by atoms with E-state index in [1.54, 1.807) is 33.7 Å². The topological polar surface area (TPSA) is 109 Å². The Bertz CT molecular complexity index is 731. The summed E-state index contributed by atoms with van der Waals surface area (Å²) >= 11 is 0. The Morgan fingerprint density at radius 1 is 1.35 bits per heavy atom. The van der Waals surface area contributed by atoms with Gasteiger partial charge in [0.25, 0.3) is 17.9 Å². The number of hydrogen-bond acceptors (Lipinski definition) is 5. The second kappa shape index (κ2) is 8.61. The Hall–Kier alpha value is -2.68. The molecule has 1 aromatic heterocycles. The van der Waals surface area contributed by atoms with Crippen molar-refractivity contribution in [2.45, 2.75) is 19.5 Å². The van der Waals surface area contributed by atoms with Crippen LogP contribution in [0, 0.1) is 5.92 Å². The molecule has 2 amide bonds. The summed E-state index contributed by atoms with van der Waals surface area (Å²) < 4.78 is 7.07. The van der Waals surface area contributed by atoms with Gasteiger partial charge < -0.3 is 24.2 Å². The number of fused-ring (bicyclic) bond motifs is 3. The molecule has 0 radical (unpaired) electrons. The van der Waals surface area contributed by atoms with Crippen LogP contribution in [-0.4, -0.2) is 77.2 Å². The number of carbonyl (C=O) groups is 3. The fraction of sp³-hybridized carbons (Fsp3) is 0.529. The highest BCUT2D eigenvalue weighted by Gasteiger charge is 2.38. The van der Waals surface area contributed by atoms with Gasteiger partial charge in [-0.2, -0.15) is 0 Å². The van der Waals surface area contributed by atoms with Crippen LogP contribution in [0.5, 0.6) is 0 Å². The van der Waals surface area contributed by atoms with Gasteiger partial charge in [0.15, 0.2) is 0 Å². The van der Waals surface area contributed by atoms with Crippen molar-refractivity contribution in [3.63, 3.8) is 0 Å². The minimum atomic E-state index is -0.340. The number of rotatable bonds is 2. The minimum absolute atomic E-state index is 0.0178. The molecule has 1 aromatic rings. The molecule has 3 heterocycles. The molecular weight excluding hydrogens is 342 g/mol. The molecule has 1 N–H and O–H groups in total. The monoisotopic (exact) mass is 365 g/mol. The summed E-state index contributed by atoms with van der Waals surface area (Å²) in [6.07, 6.45) is 1.63. The second-order valence-corrected chi connectivity index (χ2v) is 6.19. The summed E-state index contributed by atoms with van der Waals surface area (Å²) in [4.78, 5) is 48.7. The molecule has 142 valence electrons. The summed E-state index contributed by atoms with van der Waals surface area (Å²) in [5.74, 6) is -0.526. The van der Waals surface area contributed by atoms with E-state index in [1.807, 2.05) is 6.92 Å². The first-order valence-corrected chi connectivity index (χ1v) is 8.34. The van der Waals surface area contributed by atoms with Crippen LogP contribution in [0.2, 0.25) is 0 Å². The van der Waals surface area contributed by atoms with Crippen LogP contribution in [0.4, 0.5) is 0 Å². The van der Waals surface area contributed by atoms with E-state index < -0.39 is 0 Å². The third kappa shape index (κ3) is 4.10. The molecule has 3 rings (SSSR count). The van der Waals surface area contributed by atoms with E-state index in [2.05, 4.69) is 0 Å². The Kier molecular flexibility index (Phi) is 6.51. The van der Waals surface area contributed by atoms with Crippen LogP contribution in [0.15, 0.2) is 23.1 Å². The summed E-state index contributed by atoms with van der Waals surface area (Å²) in [6, 6.07) is 2.89. The lowest BCUT2D eigenvalue weighted by Gasteiger charge is -2.29. The molecule has 2 aliphatic heterocycles. The number of pyridine rings is 1. The SMILES string of the molecule is CCn1ccc(C(=O)N2C[C@@H]3COC[C@H](C2)N(C)C3=O)cc1=O.O=CO. The molecule has 2 aliphatic rings. The van der Waals surface area contributed by atoms with Crippen molar-refractivity contribution in [2.75, 3.05) is 33.4 Å². The molecule has 0 saturated carbocycles. The molecule has 0 aliphatic carbocycles. The van der Waals surface area contributed by atoms with Gasteiger partial charge >= 0.3 is 0 Å². The first-order chi connectivity index (χ1) is 12.4. The van der Waals surface area contributed by atoms with Crippen LogP contribution in [0.3, 0.4) is 0 Å². The first kappa shape index (κ1) is 19.6. The van der Waals surface area contributed by atoms with Gasteiger partial charge in [-0.25, -0.2) is 0 Å². The average molecular weight is 365 g/mol. The molecule has 2 saturated heterocycles. The Labute approximate surface area is 150 Å². The van der Waals surface area contributed by atoms with Gasteiger partial charge in [-0.1, -0.05) is 0 Å². The van der Waals surface area contributed by atoms with Gasteiger partial charge in [0.1, 0.15) is 0 Å². The minimum Gasteiger partial charge on any atom is -0.483 e. The predicted octanol–water partition coefficient (Wildman–Crippen LogP) is -0.502. The van der Waals surface area contributed by atoms with Crippen molar-refractivity contribution in [2.24, 2.45) is 5.92 Å². The number of likely N-dealkylation sites (N-methyl/N-ethyl adjacent to an activating group) is 1. The number of carboxylic acid groups (broad SMARTS) is 1. The van der Waals surface area contributed by atoms with E-state index in [9.17, 15) is 14.4 Å². The van der Waals surface area contributed by atoms with Crippen molar-refractivity contribution in [1.29, 1.82) is 0 Å². The third-order valence-corrected chi connectivity index (χ3v) is 4.62. The summed E-state index contributed by atoms with van der Waals surface area (Å²) in [5, 5.41) is 6.89. The number of hydrogen-bond donors (Lipinski definition) is 1. The number of ether oxygens (including phenoxy) is 1. The lowest BCUT2D eigenvalue weighted by molar-refractivity contribution is -0.134. The van der Waals surface area contributed by atoms with E-state index in [4.69, 9.17) is 14.6 Å². The normalized spacial score (nSPS) is 22.2. The van der Waals surface area contributed by atoms with Gasteiger partial charge in [0.2, 0.25) is 5.91 Å². The molecule has 9 nitrogen and oxygen atoms in total. The maximum atomic E-state index is 12.8. The highest BCUT2D eigenvalue weighted by Crippen LogP contribution is 2.20. The van der Waals surface area contributed by atoms with E-state index >= 15 is 0 Å². The first-order valence-electron chi connectivity index (χ1n) is 8.34. The van der Waals surface area contributed by atoms with E-state index in [0.29, 0.717) is 38.4 Å². The van der Waals surface area contributed by atoms with Gasteiger partial charge in [0.05, 0.1) is 25.2 Å². The van der Waals surface area contributed by atoms with Crippen LogP contribution < -0.4 is 5.56 Å². The van der Waals surface area contributed by atoms with Gasteiger partial charge in [-0.15, -0.1) is 0 Å². The molecule has 0 unspecified atom stereocenters. The van der Waals surface area contributed by atoms with Gasteiger partial charge in [0, 0.05) is 44.5 Å². The Morgan fingerprint density at radius 2 is 2.04 bits per heavy atom. The fourth-order valence-corrected chi connectivity index (χ4v) is 3.15. The van der Waals surface area contributed by atoms with Crippen molar-refractivity contribution < 1.29 is 24.2 Å². The number of aromatic nitrogens is 1. The predicted molar refractivity (Wildman–Crippen MR) is 91.8 cm³/mol. The summed E-state index contributed by atoms with van der Waals surface area (Å²) in [7, 11) is 1.76. The zero-order valence-electron chi connectivity index (χ0n) is 14.8. The number of aryl methyl sites for hydroxylation is 1. The highest BCUT2D eigenvalue weighted by molar-refractivity contribution is 5.94. The van der Waals surface area contributed by atoms with Crippen molar-refractivity contribution in [3.8, 4) is 0 Å². The van der Waals surface area contributed by atoms with Gasteiger partial charge in [-0.3, -0.25) is 19.2 Å². The molecule has 0 aromatic carbocycles. The fourth-order valence-electron chi connectivity index (χ4n) is 3.15. The molecule has 26 heavy (non-hydrogen) atoms. The van der Waals surface area contributed by atoms with Crippen molar-refractivity contribution >= 4 is 18.3 Å².